The molecule has 0 aliphatic carbocycles. The topological polar surface area (TPSA) is 111 Å². The average molecular weight is 377 g/mol. The monoisotopic (exact) mass is 377 g/mol. The van der Waals surface area contributed by atoms with E-state index in [0.29, 0.717) is 0 Å². The number of ether oxygens (including phenoxy) is 1. The van der Waals surface area contributed by atoms with Crippen molar-refractivity contribution in [2.45, 2.75) is 17.4 Å². The van der Waals surface area contributed by atoms with Gasteiger partial charge in [0.05, 0.1) is 16.9 Å². The van der Waals surface area contributed by atoms with Crippen molar-refractivity contribution >= 4 is 15.7 Å². The third-order valence-corrected chi connectivity index (χ3v) is 5.77. The van der Waals surface area contributed by atoms with E-state index in [1.807, 2.05) is 24.3 Å². The second-order valence-electron chi connectivity index (χ2n) is 5.90. The molecule has 8 nitrogen and oxygen atoms in total. The van der Waals surface area contributed by atoms with Crippen molar-refractivity contribution in [3.05, 3.63) is 63.7 Å². The molecule has 1 unspecified atom stereocenters. The van der Waals surface area contributed by atoms with Gasteiger partial charge >= 0.3 is 5.69 Å². The van der Waals surface area contributed by atoms with Gasteiger partial charge in [0.1, 0.15) is 0 Å². The first-order valence-electron chi connectivity index (χ1n) is 8.05. The van der Waals surface area contributed by atoms with E-state index in [9.17, 15) is 18.5 Å². The zero-order valence-electron chi connectivity index (χ0n) is 14.1. The average Bonchev–Trinajstić information content (AvgIpc) is 2.65. The van der Waals surface area contributed by atoms with Crippen LogP contribution in [-0.2, 0) is 16.4 Å². The number of fused-ring (bicyclic) bond motifs is 1. The van der Waals surface area contributed by atoms with Gasteiger partial charge in [0.25, 0.3) is 0 Å². The number of nitro benzene ring substituents is 1. The minimum absolute atomic E-state index is 0.0796. The van der Waals surface area contributed by atoms with E-state index in [1.54, 1.807) is 0 Å². The maximum Gasteiger partial charge on any atom is 0.310 e. The molecule has 0 aromatic heterocycles. The highest BCUT2D eigenvalue weighted by atomic mass is 32.2. The fourth-order valence-electron chi connectivity index (χ4n) is 3.03. The maximum atomic E-state index is 12.6. The largest absolute Gasteiger partial charge is 0.490 e. The molecule has 0 saturated carbocycles. The molecule has 26 heavy (non-hydrogen) atoms. The Balaban J connectivity index is 1.79. The van der Waals surface area contributed by atoms with Crippen LogP contribution < -0.4 is 14.8 Å². The third kappa shape index (κ3) is 3.69. The van der Waals surface area contributed by atoms with Crippen LogP contribution in [0.5, 0.6) is 5.75 Å². The standard InChI is InChI=1S/C17H19N3O5S/c1-25-17-10-13(6-7-16(17)20(21)22)26(23,24)19-11-15-14-5-3-2-4-12(14)8-9-18-15/h2-7,10,15,18-19H,8-9,11H2,1H3. The van der Waals surface area contributed by atoms with E-state index >= 15 is 0 Å². The van der Waals surface area contributed by atoms with Gasteiger partial charge in [-0.2, -0.15) is 0 Å². The molecule has 138 valence electrons. The van der Waals surface area contributed by atoms with Crippen LogP contribution in [0.1, 0.15) is 17.2 Å². The number of nitrogens with one attached hydrogen (secondary N) is 2. The van der Waals surface area contributed by atoms with E-state index in [4.69, 9.17) is 4.74 Å². The fraction of sp³-hybridized carbons (Fsp3) is 0.294. The molecule has 0 radical (unpaired) electrons. The van der Waals surface area contributed by atoms with Crippen molar-refractivity contribution < 1.29 is 18.1 Å². The highest BCUT2D eigenvalue weighted by Gasteiger charge is 2.24. The number of methoxy groups -OCH3 is 1. The summed E-state index contributed by atoms with van der Waals surface area (Å²) in [6, 6.07) is 11.3. The van der Waals surface area contributed by atoms with Crippen molar-refractivity contribution in [2.75, 3.05) is 20.2 Å². The Morgan fingerprint density at radius 3 is 2.81 bits per heavy atom. The van der Waals surface area contributed by atoms with Gasteiger partial charge in [-0.05, 0) is 30.2 Å². The molecular weight excluding hydrogens is 358 g/mol. The Labute approximate surface area is 151 Å². The van der Waals surface area contributed by atoms with Gasteiger partial charge in [-0.15, -0.1) is 0 Å². The molecule has 0 spiro atoms. The number of hydrogen-bond donors (Lipinski definition) is 2. The Hall–Kier alpha value is -2.49. The van der Waals surface area contributed by atoms with Crippen LogP contribution in [0.4, 0.5) is 5.69 Å². The molecule has 0 amide bonds. The molecule has 2 aromatic carbocycles. The quantitative estimate of drug-likeness (QED) is 0.586. The number of rotatable bonds is 6. The summed E-state index contributed by atoms with van der Waals surface area (Å²) in [7, 11) is -2.57. The molecule has 1 atom stereocenters. The molecule has 0 saturated heterocycles. The molecule has 2 aromatic rings. The predicted molar refractivity (Wildman–Crippen MR) is 95.7 cm³/mol. The summed E-state index contributed by atoms with van der Waals surface area (Å²) in [6.07, 6.45) is 0.902. The van der Waals surface area contributed by atoms with Gasteiger partial charge in [-0.1, -0.05) is 24.3 Å². The van der Waals surface area contributed by atoms with Gasteiger partial charge in [-0.25, -0.2) is 13.1 Å². The number of nitrogens with zero attached hydrogens (tertiary/aromatic N) is 1. The van der Waals surface area contributed by atoms with Gasteiger partial charge in [-0.3, -0.25) is 10.1 Å². The van der Waals surface area contributed by atoms with Crippen molar-refractivity contribution in [3.8, 4) is 5.75 Å². The van der Waals surface area contributed by atoms with Crippen LogP contribution in [0.15, 0.2) is 47.4 Å². The zero-order chi connectivity index (χ0) is 18.7. The van der Waals surface area contributed by atoms with Crippen molar-refractivity contribution in [2.24, 2.45) is 0 Å². The van der Waals surface area contributed by atoms with Crippen LogP contribution in [0.3, 0.4) is 0 Å². The minimum Gasteiger partial charge on any atom is -0.490 e. The van der Waals surface area contributed by atoms with E-state index in [0.717, 1.165) is 30.7 Å². The van der Waals surface area contributed by atoms with Gasteiger partial charge in [0, 0.05) is 24.7 Å². The summed E-state index contributed by atoms with van der Waals surface area (Å²) in [5.74, 6) is -0.0981. The summed E-state index contributed by atoms with van der Waals surface area (Å²) in [4.78, 5) is 10.2. The summed E-state index contributed by atoms with van der Waals surface area (Å²) in [6.45, 7) is 0.952. The second kappa shape index (κ2) is 7.40. The van der Waals surface area contributed by atoms with E-state index < -0.39 is 14.9 Å². The van der Waals surface area contributed by atoms with Crippen LogP contribution in [-0.4, -0.2) is 33.5 Å². The Bertz CT molecular complexity index is 930. The van der Waals surface area contributed by atoms with Crippen LogP contribution in [0.25, 0.3) is 0 Å². The van der Waals surface area contributed by atoms with Crippen LogP contribution >= 0.6 is 0 Å². The molecule has 0 fully saturated rings. The van der Waals surface area contributed by atoms with Gasteiger partial charge < -0.3 is 10.1 Å². The highest BCUT2D eigenvalue weighted by molar-refractivity contribution is 7.89. The summed E-state index contributed by atoms with van der Waals surface area (Å²) in [5, 5.41) is 14.2. The molecule has 9 heteroatoms. The number of nitro groups is 1. The molecule has 1 heterocycles. The molecule has 1 aliphatic rings. The lowest BCUT2D eigenvalue weighted by atomic mass is 9.95. The van der Waals surface area contributed by atoms with E-state index in [2.05, 4.69) is 10.0 Å². The summed E-state index contributed by atoms with van der Waals surface area (Å²) in [5.41, 5.74) is 1.99. The van der Waals surface area contributed by atoms with Crippen LogP contribution in [0.2, 0.25) is 0 Å². The number of benzene rings is 2. The van der Waals surface area contributed by atoms with Gasteiger partial charge in [0.2, 0.25) is 10.0 Å². The SMILES string of the molecule is COc1cc(S(=O)(=O)NCC2NCCc3ccccc32)ccc1[N+](=O)[O-]. The van der Waals surface area contributed by atoms with E-state index in [1.165, 1.54) is 18.7 Å². The lowest BCUT2D eigenvalue weighted by molar-refractivity contribution is -0.385. The Kier molecular flexibility index (Phi) is 5.21. The predicted octanol–water partition coefficient (Wildman–Crippen LogP) is 1.77. The fourth-order valence-corrected chi connectivity index (χ4v) is 4.09. The third-order valence-electron chi connectivity index (χ3n) is 4.35. The highest BCUT2D eigenvalue weighted by Crippen LogP contribution is 2.29. The summed E-state index contributed by atoms with van der Waals surface area (Å²) < 4.78 is 32.7. The Morgan fingerprint density at radius 2 is 2.08 bits per heavy atom. The second-order valence-corrected chi connectivity index (χ2v) is 7.67. The van der Waals surface area contributed by atoms with Gasteiger partial charge in [0.15, 0.2) is 5.75 Å². The van der Waals surface area contributed by atoms with Crippen molar-refractivity contribution in [1.29, 1.82) is 0 Å². The van der Waals surface area contributed by atoms with Crippen LogP contribution in [0, 0.1) is 10.1 Å². The lowest BCUT2D eigenvalue weighted by Gasteiger charge is -2.27. The Morgan fingerprint density at radius 1 is 1.31 bits per heavy atom. The molecule has 0 bridgehead atoms. The molecule has 3 rings (SSSR count). The number of sulfonamides is 1. The zero-order valence-corrected chi connectivity index (χ0v) is 15.0. The number of hydrogen-bond acceptors (Lipinski definition) is 6. The maximum absolute atomic E-state index is 12.6. The minimum atomic E-state index is -3.83. The smallest absolute Gasteiger partial charge is 0.310 e. The van der Waals surface area contributed by atoms with Crippen molar-refractivity contribution in [1.82, 2.24) is 10.0 Å². The molecule has 2 N–H and O–H groups in total. The first-order valence-corrected chi connectivity index (χ1v) is 9.54. The van der Waals surface area contributed by atoms with Crippen molar-refractivity contribution in [3.63, 3.8) is 0 Å². The lowest BCUT2D eigenvalue weighted by Crippen LogP contribution is -2.38. The first kappa shape index (κ1) is 18.3. The molecular formula is C17H19N3O5S. The summed E-state index contributed by atoms with van der Waals surface area (Å²) >= 11 is 0. The first-order chi connectivity index (χ1) is 12.4. The normalized spacial score (nSPS) is 16.7. The molecule has 1 aliphatic heterocycles. The van der Waals surface area contributed by atoms with E-state index in [-0.39, 0.29) is 28.9 Å².